The predicted molar refractivity (Wildman–Crippen MR) is 83.9 cm³/mol. The number of halogens is 3. The van der Waals surface area contributed by atoms with Gasteiger partial charge in [-0.2, -0.15) is 18.3 Å². The lowest BCUT2D eigenvalue weighted by Crippen LogP contribution is -2.17. The molecule has 3 nitrogen and oxygen atoms in total. The molecule has 120 valence electrons. The second kappa shape index (κ2) is 6.59. The molecule has 0 fully saturated rings. The van der Waals surface area contributed by atoms with Crippen molar-refractivity contribution in [3.8, 4) is 23.0 Å². The highest BCUT2D eigenvalue weighted by Gasteiger charge is 2.28. The van der Waals surface area contributed by atoms with E-state index in [9.17, 15) is 13.2 Å². The maximum Gasteiger partial charge on any atom is 0.408 e. The Hall–Kier alpha value is -3.07. The average molecular weight is 327 g/mol. The van der Waals surface area contributed by atoms with Gasteiger partial charge in [0.25, 0.3) is 0 Å². The van der Waals surface area contributed by atoms with Crippen LogP contribution in [-0.2, 0) is 6.54 Å². The van der Waals surface area contributed by atoms with Crippen LogP contribution in [0.3, 0.4) is 0 Å². The Balaban J connectivity index is 1.87. The van der Waals surface area contributed by atoms with E-state index in [1.807, 2.05) is 36.4 Å². The summed E-state index contributed by atoms with van der Waals surface area (Å²) >= 11 is 0. The minimum absolute atomic E-state index is 0.431. The molecule has 0 atom stereocenters. The number of nitrogens with zero attached hydrogens (tertiary/aromatic N) is 3. The molecule has 0 aliphatic carbocycles. The molecular weight excluding hydrogens is 315 g/mol. The van der Waals surface area contributed by atoms with Gasteiger partial charge in [-0.05, 0) is 17.7 Å². The van der Waals surface area contributed by atoms with Gasteiger partial charge in [-0.1, -0.05) is 36.1 Å². The molecule has 6 heteroatoms. The molecule has 0 amide bonds. The number of pyridine rings is 1. The van der Waals surface area contributed by atoms with E-state index < -0.39 is 12.7 Å². The Bertz CT molecular complexity index is 887. The van der Waals surface area contributed by atoms with Gasteiger partial charge < -0.3 is 0 Å². The van der Waals surface area contributed by atoms with Gasteiger partial charge in [-0.15, -0.1) is 0 Å². The van der Waals surface area contributed by atoms with E-state index in [2.05, 4.69) is 21.9 Å². The van der Waals surface area contributed by atoms with Crippen molar-refractivity contribution in [3.63, 3.8) is 0 Å². The Morgan fingerprint density at radius 1 is 1.00 bits per heavy atom. The van der Waals surface area contributed by atoms with Gasteiger partial charge in [0.1, 0.15) is 6.54 Å². The SMILES string of the molecule is FC(F)(F)Cn1cc(C#Cc2ccccc2-c2cccnc2)cn1. The van der Waals surface area contributed by atoms with Gasteiger partial charge in [0, 0.05) is 29.7 Å². The van der Waals surface area contributed by atoms with Crippen LogP contribution in [0.1, 0.15) is 11.1 Å². The first kappa shape index (κ1) is 15.8. The Morgan fingerprint density at radius 2 is 1.83 bits per heavy atom. The summed E-state index contributed by atoms with van der Waals surface area (Å²) < 4.78 is 37.8. The van der Waals surface area contributed by atoms with Gasteiger partial charge >= 0.3 is 6.18 Å². The first-order chi connectivity index (χ1) is 11.5. The van der Waals surface area contributed by atoms with Crippen molar-refractivity contribution in [2.45, 2.75) is 12.7 Å². The lowest BCUT2D eigenvalue weighted by molar-refractivity contribution is -0.142. The van der Waals surface area contributed by atoms with Crippen LogP contribution < -0.4 is 0 Å². The topological polar surface area (TPSA) is 30.7 Å². The molecule has 1 aromatic carbocycles. The average Bonchev–Trinajstić information content (AvgIpc) is 2.99. The monoisotopic (exact) mass is 327 g/mol. The highest BCUT2D eigenvalue weighted by molar-refractivity contribution is 5.70. The van der Waals surface area contributed by atoms with Crippen molar-refractivity contribution in [3.05, 3.63) is 72.3 Å². The third-order valence-corrected chi connectivity index (χ3v) is 3.22. The van der Waals surface area contributed by atoms with E-state index in [1.165, 1.54) is 12.4 Å². The lowest BCUT2D eigenvalue weighted by atomic mass is 10.0. The summed E-state index contributed by atoms with van der Waals surface area (Å²) in [6.07, 6.45) is 1.73. The van der Waals surface area contributed by atoms with E-state index in [0.29, 0.717) is 5.56 Å². The summed E-state index contributed by atoms with van der Waals surface area (Å²) in [5.41, 5.74) is 3.05. The van der Waals surface area contributed by atoms with E-state index in [1.54, 1.807) is 12.4 Å². The summed E-state index contributed by atoms with van der Waals surface area (Å²) in [5, 5.41) is 3.68. The molecule has 0 spiro atoms. The molecule has 0 bridgehead atoms. The molecule has 24 heavy (non-hydrogen) atoms. The maximum atomic E-state index is 12.3. The fourth-order valence-electron chi connectivity index (χ4n) is 2.20. The number of aromatic nitrogens is 3. The minimum atomic E-state index is -4.30. The summed E-state index contributed by atoms with van der Waals surface area (Å²) in [7, 11) is 0. The third kappa shape index (κ3) is 4.02. The van der Waals surface area contributed by atoms with Gasteiger partial charge in [0.05, 0.1) is 11.8 Å². The molecule has 0 radical (unpaired) electrons. The van der Waals surface area contributed by atoms with Crippen LogP contribution in [0, 0.1) is 11.8 Å². The van der Waals surface area contributed by atoms with Crippen molar-refractivity contribution >= 4 is 0 Å². The number of hydrogen-bond acceptors (Lipinski definition) is 2. The van der Waals surface area contributed by atoms with Crippen molar-refractivity contribution in [2.75, 3.05) is 0 Å². The highest BCUT2D eigenvalue weighted by Crippen LogP contribution is 2.22. The van der Waals surface area contributed by atoms with Crippen LogP contribution in [0.4, 0.5) is 13.2 Å². The Morgan fingerprint density at radius 3 is 2.58 bits per heavy atom. The molecular formula is C18H12F3N3. The van der Waals surface area contributed by atoms with Crippen LogP contribution in [0.25, 0.3) is 11.1 Å². The van der Waals surface area contributed by atoms with Gasteiger partial charge in [0.2, 0.25) is 0 Å². The normalized spacial score (nSPS) is 11.0. The molecule has 2 heterocycles. The van der Waals surface area contributed by atoms with Crippen LogP contribution in [-0.4, -0.2) is 20.9 Å². The molecule has 0 aliphatic heterocycles. The Kier molecular flexibility index (Phi) is 4.34. The molecule has 3 aromatic rings. The largest absolute Gasteiger partial charge is 0.408 e. The van der Waals surface area contributed by atoms with Gasteiger partial charge in [-0.3, -0.25) is 9.67 Å². The standard InChI is InChI=1S/C18H12F3N3/c19-18(20,21)13-24-12-14(10-23-24)7-8-15-4-1-2-6-17(15)16-5-3-9-22-11-16/h1-6,9-12H,13H2. The van der Waals surface area contributed by atoms with Crippen molar-refractivity contribution < 1.29 is 13.2 Å². The second-order valence-corrected chi connectivity index (χ2v) is 5.08. The predicted octanol–water partition coefficient (Wildman–Crippen LogP) is 3.91. The summed E-state index contributed by atoms with van der Waals surface area (Å²) in [6, 6.07) is 11.3. The fraction of sp³-hybridized carbons (Fsp3) is 0.111. The van der Waals surface area contributed by atoms with Crippen LogP contribution in [0.15, 0.2) is 61.2 Å². The quantitative estimate of drug-likeness (QED) is 0.668. The Labute approximate surface area is 136 Å². The zero-order chi connectivity index (χ0) is 17.0. The molecule has 0 saturated heterocycles. The fourth-order valence-corrected chi connectivity index (χ4v) is 2.20. The smallest absolute Gasteiger partial charge is 0.264 e. The van der Waals surface area contributed by atoms with Gasteiger partial charge in [-0.25, -0.2) is 0 Å². The summed E-state index contributed by atoms with van der Waals surface area (Å²) in [4.78, 5) is 4.09. The molecule has 0 N–H and O–H groups in total. The van der Waals surface area contributed by atoms with E-state index in [-0.39, 0.29) is 0 Å². The minimum Gasteiger partial charge on any atom is -0.264 e. The first-order valence-corrected chi connectivity index (χ1v) is 7.12. The van der Waals surface area contributed by atoms with Crippen molar-refractivity contribution in [2.24, 2.45) is 0 Å². The second-order valence-electron chi connectivity index (χ2n) is 5.08. The number of alkyl halides is 3. The lowest BCUT2D eigenvalue weighted by Gasteiger charge is -2.04. The van der Waals surface area contributed by atoms with Crippen LogP contribution in [0.5, 0.6) is 0 Å². The van der Waals surface area contributed by atoms with Crippen molar-refractivity contribution in [1.82, 2.24) is 14.8 Å². The summed E-state index contributed by atoms with van der Waals surface area (Å²) in [5.74, 6) is 5.85. The third-order valence-electron chi connectivity index (χ3n) is 3.22. The number of hydrogen-bond donors (Lipinski definition) is 0. The van der Waals surface area contributed by atoms with E-state index in [4.69, 9.17) is 0 Å². The number of rotatable bonds is 2. The molecule has 0 unspecified atom stereocenters. The summed E-state index contributed by atoms with van der Waals surface area (Å²) in [6.45, 7) is -1.12. The number of benzene rings is 1. The van der Waals surface area contributed by atoms with E-state index >= 15 is 0 Å². The molecule has 2 aromatic heterocycles. The maximum absolute atomic E-state index is 12.3. The zero-order valence-electron chi connectivity index (χ0n) is 12.5. The van der Waals surface area contributed by atoms with Crippen LogP contribution >= 0.6 is 0 Å². The van der Waals surface area contributed by atoms with Crippen molar-refractivity contribution in [1.29, 1.82) is 0 Å². The molecule has 3 rings (SSSR count). The van der Waals surface area contributed by atoms with Gasteiger partial charge in [0.15, 0.2) is 0 Å². The van der Waals surface area contributed by atoms with Crippen LogP contribution in [0.2, 0.25) is 0 Å². The molecule has 0 saturated carbocycles. The highest BCUT2D eigenvalue weighted by atomic mass is 19.4. The zero-order valence-corrected chi connectivity index (χ0v) is 12.5. The first-order valence-electron chi connectivity index (χ1n) is 7.12. The van der Waals surface area contributed by atoms with E-state index in [0.717, 1.165) is 21.4 Å². The molecule has 0 aliphatic rings.